The van der Waals surface area contributed by atoms with E-state index in [-0.39, 0.29) is 5.41 Å². The molecular weight excluding hydrogens is 326 g/mol. The Kier molecular flexibility index (Phi) is 6.64. The molecule has 0 aliphatic heterocycles. The molecule has 0 aliphatic carbocycles. The standard InChI is InChI=1S/C15H23BrClNO/c1-11(2)8-18-9-15(3,4)10-19-14-6-5-12(16)7-13(14)17/h5-7,11,18H,8-10H2,1-4H3. The highest BCUT2D eigenvalue weighted by molar-refractivity contribution is 9.10. The van der Waals surface area contributed by atoms with Crippen molar-refractivity contribution in [3.05, 3.63) is 27.7 Å². The van der Waals surface area contributed by atoms with E-state index in [2.05, 4.69) is 48.9 Å². The van der Waals surface area contributed by atoms with Crippen molar-refractivity contribution in [2.24, 2.45) is 11.3 Å². The Morgan fingerprint density at radius 2 is 2.05 bits per heavy atom. The molecule has 0 heterocycles. The zero-order valence-electron chi connectivity index (χ0n) is 12.1. The number of rotatable bonds is 7. The summed E-state index contributed by atoms with van der Waals surface area (Å²) in [6, 6.07) is 5.68. The predicted octanol–water partition coefficient (Wildman–Crippen LogP) is 4.75. The number of halogens is 2. The molecule has 0 atom stereocenters. The van der Waals surface area contributed by atoms with Crippen molar-refractivity contribution in [3.8, 4) is 5.75 Å². The molecule has 0 fully saturated rings. The molecule has 1 aromatic carbocycles. The van der Waals surface area contributed by atoms with E-state index in [9.17, 15) is 0 Å². The van der Waals surface area contributed by atoms with Crippen molar-refractivity contribution in [2.75, 3.05) is 19.7 Å². The van der Waals surface area contributed by atoms with Crippen LogP contribution in [0.2, 0.25) is 5.02 Å². The van der Waals surface area contributed by atoms with Crippen LogP contribution >= 0.6 is 27.5 Å². The van der Waals surface area contributed by atoms with Crippen LogP contribution in [-0.4, -0.2) is 19.7 Å². The first kappa shape index (κ1) is 16.8. The van der Waals surface area contributed by atoms with Gasteiger partial charge >= 0.3 is 0 Å². The molecule has 0 bridgehead atoms. The minimum Gasteiger partial charge on any atom is -0.491 e. The molecule has 1 aromatic rings. The zero-order valence-corrected chi connectivity index (χ0v) is 14.4. The highest BCUT2D eigenvalue weighted by Crippen LogP contribution is 2.29. The van der Waals surface area contributed by atoms with Crippen molar-refractivity contribution in [3.63, 3.8) is 0 Å². The molecular formula is C15H23BrClNO. The van der Waals surface area contributed by atoms with Gasteiger partial charge in [0.25, 0.3) is 0 Å². The minimum atomic E-state index is 0.0747. The van der Waals surface area contributed by atoms with E-state index >= 15 is 0 Å². The number of nitrogens with one attached hydrogen (secondary N) is 1. The lowest BCUT2D eigenvalue weighted by molar-refractivity contribution is 0.175. The van der Waals surface area contributed by atoms with Crippen molar-refractivity contribution < 1.29 is 4.74 Å². The molecule has 0 unspecified atom stereocenters. The molecule has 4 heteroatoms. The van der Waals surface area contributed by atoms with Crippen LogP contribution in [-0.2, 0) is 0 Å². The highest BCUT2D eigenvalue weighted by atomic mass is 79.9. The summed E-state index contributed by atoms with van der Waals surface area (Å²) < 4.78 is 6.78. The van der Waals surface area contributed by atoms with E-state index in [1.54, 1.807) is 0 Å². The molecule has 1 rings (SSSR count). The second kappa shape index (κ2) is 7.51. The summed E-state index contributed by atoms with van der Waals surface area (Å²) in [7, 11) is 0. The molecule has 0 radical (unpaired) electrons. The summed E-state index contributed by atoms with van der Waals surface area (Å²) in [5.74, 6) is 1.40. The lowest BCUT2D eigenvalue weighted by Gasteiger charge is -2.26. The smallest absolute Gasteiger partial charge is 0.137 e. The lowest BCUT2D eigenvalue weighted by atomic mass is 9.94. The SMILES string of the molecule is CC(C)CNCC(C)(C)COc1ccc(Br)cc1Cl. The summed E-state index contributed by atoms with van der Waals surface area (Å²) in [6.07, 6.45) is 0. The van der Waals surface area contributed by atoms with Crippen molar-refractivity contribution in [1.82, 2.24) is 5.32 Å². The fourth-order valence-electron chi connectivity index (χ4n) is 1.62. The van der Waals surface area contributed by atoms with Crippen LogP contribution in [0.3, 0.4) is 0 Å². The van der Waals surface area contributed by atoms with Gasteiger partial charge in [0.2, 0.25) is 0 Å². The summed E-state index contributed by atoms with van der Waals surface area (Å²) in [6.45, 7) is 11.4. The highest BCUT2D eigenvalue weighted by Gasteiger charge is 2.19. The Morgan fingerprint density at radius 3 is 2.63 bits per heavy atom. The zero-order chi connectivity index (χ0) is 14.5. The average molecular weight is 349 g/mol. The molecule has 2 nitrogen and oxygen atoms in total. The van der Waals surface area contributed by atoms with Crippen molar-refractivity contribution in [1.29, 1.82) is 0 Å². The Balaban J connectivity index is 2.45. The van der Waals surface area contributed by atoms with E-state index in [1.165, 1.54) is 0 Å². The number of ether oxygens (including phenoxy) is 1. The van der Waals surface area contributed by atoms with Crippen LogP contribution in [0.25, 0.3) is 0 Å². The third kappa shape index (κ3) is 6.64. The monoisotopic (exact) mass is 347 g/mol. The molecule has 1 N–H and O–H groups in total. The van der Waals surface area contributed by atoms with Gasteiger partial charge in [-0.3, -0.25) is 0 Å². The third-order valence-corrected chi connectivity index (χ3v) is 3.46. The Hall–Kier alpha value is -0.250. The maximum atomic E-state index is 6.13. The summed E-state index contributed by atoms with van der Waals surface area (Å²) in [5.41, 5.74) is 0.0747. The van der Waals surface area contributed by atoms with Crippen molar-refractivity contribution in [2.45, 2.75) is 27.7 Å². The molecule has 0 saturated carbocycles. The Bertz CT molecular complexity index is 407. The maximum Gasteiger partial charge on any atom is 0.137 e. The number of benzene rings is 1. The average Bonchev–Trinajstić information content (AvgIpc) is 2.27. The maximum absolute atomic E-state index is 6.13. The van der Waals surface area contributed by atoms with Gasteiger partial charge in [0.05, 0.1) is 11.6 Å². The fraction of sp³-hybridized carbons (Fsp3) is 0.600. The first-order valence-electron chi connectivity index (χ1n) is 6.59. The second-order valence-corrected chi connectivity index (χ2v) is 7.38. The topological polar surface area (TPSA) is 21.3 Å². The summed E-state index contributed by atoms with van der Waals surface area (Å²) in [5, 5.41) is 4.10. The molecule has 19 heavy (non-hydrogen) atoms. The van der Waals surface area contributed by atoms with E-state index in [4.69, 9.17) is 16.3 Å². The molecule has 0 aliphatic rings. The van der Waals surface area contributed by atoms with Gasteiger partial charge in [-0.1, -0.05) is 55.2 Å². The Morgan fingerprint density at radius 1 is 1.37 bits per heavy atom. The van der Waals surface area contributed by atoms with Gasteiger partial charge in [-0.2, -0.15) is 0 Å². The molecule has 108 valence electrons. The van der Waals surface area contributed by atoms with Gasteiger partial charge in [-0.05, 0) is 30.7 Å². The van der Waals surface area contributed by atoms with Gasteiger partial charge in [-0.15, -0.1) is 0 Å². The molecule has 0 aromatic heterocycles. The molecule has 0 spiro atoms. The van der Waals surface area contributed by atoms with E-state index in [0.29, 0.717) is 17.5 Å². The summed E-state index contributed by atoms with van der Waals surface area (Å²) in [4.78, 5) is 0. The number of hydrogen-bond donors (Lipinski definition) is 1. The van der Waals surface area contributed by atoms with Crippen molar-refractivity contribution >= 4 is 27.5 Å². The first-order chi connectivity index (χ1) is 8.80. The van der Waals surface area contributed by atoms with Gasteiger partial charge in [0, 0.05) is 16.4 Å². The van der Waals surface area contributed by atoms with Gasteiger partial charge in [-0.25, -0.2) is 0 Å². The van der Waals surface area contributed by atoms with Crippen LogP contribution in [0.15, 0.2) is 22.7 Å². The van der Waals surface area contributed by atoms with Crippen LogP contribution in [0.1, 0.15) is 27.7 Å². The third-order valence-electron chi connectivity index (χ3n) is 2.67. The van der Waals surface area contributed by atoms with Crippen LogP contribution in [0.4, 0.5) is 0 Å². The second-order valence-electron chi connectivity index (χ2n) is 6.05. The normalized spacial score (nSPS) is 11.9. The Labute approximate surface area is 130 Å². The largest absolute Gasteiger partial charge is 0.491 e. The van der Waals surface area contributed by atoms with Crippen LogP contribution < -0.4 is 10.1 Å². The van der Waals surface area contributed by atoms with Crippen LogP contribution in [0.5, 0.6) is 5.75 Å². The minimum absolute atomic E-state index is 0.0747. The molecule has 0 amide bonds. The van der Waals surface area contributed by atoms with Gasteiger partial charge < -0.3 is 10.1 Å². The van der Waals surface area contributed by atoms with E-state index < -0.39 is 0 Å². The summed E-state index contributed by atoms with van der Waals surface area (Å²) >= 11 is 9.52. The van der Waals surface area contributed by atoms with Gasteiger partial charge in [0.1, 0.15) is 5.75 Å². The van der Waals surface area contributed by atoms with Gasteiger partial charge in [0.15, 0.2) is 0 Å². The van der Waals surface area contributed by atoms with E-state index in [0.717, 1.165) is 23.3 Å². The van der Waals surface area contributed by atoms with E-state index in [1.807, 2.05) is 18.2 Å². The quantitative estimate of drug-likeness (QED) is 0.767. The van der Waals surface area contributed by atoms with Crippen LogP contribution in [0, 0.1) is 11.3 Å². The molecule has 0 saturated heterocycles. The first-order valence-corrected chi connectivity index (χ1v) is 7.76. The lowest BCUT2D eigenvalue weighted by Crippen LogP contribution is -2.35. The fourth-order valence-corrected chi connectivity index (χ4v) is 2.34. The predicted molar refractivity (Wildman–Crippen MR) is 86.1 cm³/mol. The number of hydrogen-bond acceptors (Lipinski definition) is 2.